The van der Waals surface area contributed by atoms with Gasteiger partial charge in [0, 0.05) is 37.8 Å². The average Bonchev–Trinajstić information content (AvgIpc) is 2.79. The molecule has 4 nitrogen and oxygen atoms in total. The van der Waals surface area contributed by atoms with Crippen LogP contribution in [0.5, 0.6) is 0 Å². The Balaban J connectivity index is 2.19. The lowest BCUT2D eigenvalue weighted by atomic mass is 9.93. The van der Waals surface area contributed by atoms with Crippen LogP contribution in [0.3, 0.4) is 0 Å². The van der Waals surface area contributed by atoms with Gasteiger partial charge in [-0.2, -0.15) is 5.10 Å². The molecule has 0 bridgehead atoms. The number of aryl methyl sites for hydroxylation is 2. The van der Waals surface area contributed by atoms with Crippen molar-refractivity contribution in [3.8, 4) is 0 Å². The van der Waals surface area contributed by atoms with Gasteiger partial charge < -0.3 is 5.32 Å². The molecular formula is C17H32N4. The summed E-state index contributed by atoms with van der Waals surface area (Å²) in [6, 6.07) is 2.89. The van der Waals surface area contributed by atoms with Gasteiger partial charge in [0.25, 0.3) is 0 Å². The zero-order chi connectivity index (χ0) is 15.6. The number of nitrogens with zero attached hydrogens (tertiary/aromatic N) is 3. The first-order valence-electron chi connectivity index (χ1n) is 8.41. The van der Waals surface area contributed by atoms with E-state index in [1.54, 1.807) is 0 Å². The minimum Gasteiger partial charge on any atom is -0.309 e. The smallest absolute Gasteiger partial charge is 0.0625 e. The molecule has 1 saturated heterocycles. The van der Waals surface area contributed by atoms with Crippen LogP contribution in [0, 0.1) is 5.92 Å². The summed E-state index contributed by atoms with van der Waals surface area (Å²) in [7, 11) is 0. The summed E-state index contributed by atoms with van der Waals surface area (Å²) < 4.78 is 2.17. The molecule has 0 radical (unpaired) electrons. The molecule has 1 aliphatic rings. The lowest BCUT2D eigenvalue weighted by Gasteiger charge is -2.46. The third-order valence-corrected chi connectivity index (χ3v) is 4.57. The van der Waals surface area contributed by atoms with Crippen molar-refractivity contribution in [2.24, 2.45) is 5.92 Å². The molecule has 2 heterocycles. The molecule has 1 fully saturated rings. The minimum atomic E-state index is 0.191. The predicted octanol–water partition coefficient (Wildman–Crippen LogP) is 2.67. The van der Waals surface area contributed by atoms with Crippen molar-refractivity contribution in [1.29, 1.82) is 0 Å². The number of piperazine rings is 1. The fourth-order valence-corrected chi connectivity index (χ4v) is 3.32. The van der Waals surface area contributed by atoms with Crippen LogP contribution >= 0.6 is 0 Å². The molecule has 0 amide bonds. The van der Waals surface area contributed by atoms with Crippen molar-refractivity contribution in [2.45, 2.75) is 72.6 Å². The van der Waals surface area contributed by atoms with E-state index < -0.39 is 0 Å². The molecule has 120 valence electrons. The normalized spacial score (nSPS) is 22.9. The second-order valence-corrected chi connectivity index (χ2v) is 7.28. The number of hydrogen-bond donors (Lipinski definition) is 1. The van der Waals surface area contributed by atoms with Gasteiger partial charge >= 0.3 is 0 Å². The summed E-state index contributed by atoms with van der Waals surface area (Å²) >= 11 is 0. The van der Waals surface area contributed by atoms with Gasteiger partial charge in [-0.1, -0.05) is 20.8 Å². The van der Waals surface area contributed by atoms with E-state index in [1.807, 2.05) is 0 Å². The zero-order valence-electron chi connectivity index (χ0n) is 14.6. The molecule has 0 saturated carbocycles. The Bertz CT molecular complexity index is 461. The van der Waals surface area contributed by atoms with Crippen molar-refractivity contribution >= 4 is 0 Å². The first-order chi connectivity index (χ1) is 9.86. The molecule has 1 unspecified atom stereocenters. The second-order valence-electron chi connectivity index (χ2n) is 7.28. The summed E-state index contributed by atoms with van der Waals surface area (Å²) in [6.07, 6.45) is 1.01. The quantitative estimate of drug-likeness (QED) is 0.906. The second kappa shape index (κ2) is 6.49. The molecule has 1 atom stereocenters. The van der Waals surface area contributed by atoms with E-state index in [4.69, 9.17) is 5.10 Å². The SMILES string of the molecule is CCc1cc(CN2CC(C)(C)NCC2C(C)C)n(CC)n1. The Morgan fingerprint density at radius 3 is 2.67 bits per heavy atom. The van der Waals surface area contributed by atoms with Crippen LogP contribution in [0.1, 0.15) is 52.9 Å². The van der Waals surface area contributed by atoms with Gasteiger partial charge in [0.05, 0.1) is 11.4 Å². The maximum Gasteiger partial charge on any atom is 0.0625 e. The van der Waals surface area contributed by atoms with Crippen LogP contribution < -0.4 is 5.32 Å². The van der Waals surface area contributed by atoms with Crippen LogP contribution in [-0.2, 0) is 19.5 Å². The molecule has 0 spiro atoms. The van der Waals surface area contributed by atoms with Crippen LogP contribution in [0.4, 0.5) is 0 Å². The molecule has 2 rings (SSSR count). The van der Waals surface area contributed by atoms with Crippen LogP contribution in [0.15, 0.2) is 6.07 Å². The Kier molecular flexibility index (Phi) is 5.10. The average molecular weight is 292 g/mol. The Labute approximate surface area is 129 Å². The van der Waals surface area contributed by atoms with Gasteiger partial charge in [-0.3, -0.25) is 9.58 Å². The molecule has 0 aliphatic carbocycles. The number of rotatable bonds is 5. The Morgan fingerprint density at radius 1 is 1.38 bits per heavy atom. The number of aromatic nitrogens is 2. The molecule has 0 aromatic carbocycles. The van der Waals surface area contributed by atoms with E-state index >= 15 is 0 Å². The van der Waals surface area contributed by atoms with Crippen LogP contribution in [0.25, 0.3) is 0 Å². The summed E-state index contributed by atoms with van der Waals surface area (Å²) in [5.74, 6) is 0.664. The first kappa shape index (κ1) is 16.5. The largest absolute Gasteiger partial charge is 0.309 e. The van der Waals surface area contributed by atoms with Gasteiger partial charge in [-0.15, -0.1) is 0 Å². The van der Waals surface area contributed by atoms with Crippen LogP contribution in [-0.4, -0.2) is 39.4 Å². The van der Waals surface area contributed by atoms with Gasteiger partial charge in [0.2, 0.25) is 0 Å². The van der Waals surface area contributed by atoms with E-state index in [0.717, 1.165) is 32.6 Å². The summed E-state index contributed by atoms with van der Waals surface area (Å²) in [4.78, 5) is 2.64. The highest BCUT2D eigenvalue weighted by Crippen LogP contribution is 2.23. The summed E-state index contributed by atoms with van der Waals surface area (Å²) in [6.45, 7) is 17.7. The molecule has 1 aromatic rings. The highest BCUT2D eigenvalue weighted by Gasteiger charge is 2.34. The van der Waals surface area contributed by atoms with E-state index in [9.17, 15) is 0 Å². The van der Waals surface area contributed by atoms with Crippen molar-refractivity contribution in [3.05, 3.63) is 17.5 Å². The van der Waals surface area contributed by atoms with E-state index in [2.05, 4.69) is 62.5 Å². The molecule has 1 aliphatic heterocycles. The summed E-state index contributed by atoms with van der Waals surface area (Å²) in [5.41, 5.74) is 2.76. The van der Waals surface area contributed by atoms with Crippen molar-refractivity contribution in [1.82, 2.24) is 20.0 Å². The molecule has 21 heavy (non-hydrogen) atoms. The van der Waals surface area contributed by atoms with Crippen molar-refractivity contribution in [2.75, 3.05) is 13.1 Å². The lowest BCUT2D eigenvalue weighted by molar-refractivity contribution is 0.0605. The lowest BCUT2D eigenvalue weighted by Crippen LogP contribution is -2.62. The molecule has 4 heteroatoms. The fourth-order valence-electron chi connectivity index (χ4n) is 3.32. The van der Waals surface area contributed by atoms with Gasteiger partial charge in [-0.05, 0) is 39.2 Å². The number of nitrogens with one attached hydrogen (secondary N) is 1. The van der Waals surface area contributed by atoms with E-state index in [0.29, 0.717) is 12.0 Å². The Morgan fingerprint density at radius 2 is 2.10 bits per heavy atom. The molecule has 1 aromatic heterocycles. The fraction of sp³-hybridized carbons (Fsp3) is 0.824. The maximum atomic E-state index is 4.69. The highest BCUT2D eigenvalue weighted by molar-refractivity contribution is 5.11. The minimum absolute atomic E-state index is 0.191. The van der Waals surface area contributed by atoms with Gasteiger partial charge in [0.15, 0.2) is 0 Å². The third-order valence-electron chi connectivity index (χ3n) is 4.57. The first-order valence-corrected chi connectivity index (χ1v) is 8.41. The zero-order valence-corrected chi connectivity index (χ0v) is 14.6. The van der Waals surface area contributed by atoms with Gasteiger partial charge in [-0.25, -0.2) is 0 Å². The topological polar surface area (TPSA) is 33.1 Å². The third kappa shape index (κ3) is 3.86. The molecular weight excluding hydrogens is 260 g/mol. The van der Waals surface area contributed by atoms with E-state index in [-0.39, 0.29) is 5.54 Å². The maximum absolute atomic E-state index is 4.69. The standard InChI is InChI=1S/C17H32N4/c1-7-14-9-15(21(8-2)19-14)11-20-12-17(5,6)18-10-16(20)13(3)4/h9,13,16,18H,7-8,10-12H2,1-6H3. The number of hydrogen-bond acceptors (Lipinski definition) is 3. The van der Waals surface area contributed by atoms with Crippen LogP contribution in [0.2, 0.25) is 0 Å². The van der Waals surface area contributed by atoms with Crippen molar-refractivity contribution < 1.29 is 0 Å². The molecule has 1 N–H and O–H groups in total. The summed E-state index contributed by atoms with van der Waals surface area (Å²) in [5, 5.41) is 8.38. The Hall–Kier alpha value is -0.870. The highest BCUT2D eigenvalue weighted by atomic mass is 15.3. The predicted molar refractivity (Wildman–Crippen MR) is 88.4 cm³/mol. The van der Waals surface area contributed by atoms with Gasteiger partial charge in [0.1, 0.15) is 0 Å². The van der Waals surface area contributed by atoms with Crippen molar-refractivity contribution in [3.63, 3.8) is 0 Å². The monoisotopic (exact) mass is 292 g/mol. The van der Waals surface area contributed by atoms with E-state index in [1.165, 1.54) is 11.4 Å².